The van der Waals surface area contributed by atoms with E-state index < -0.39 is 0 Å². The molecule has 0 saturated carbocycles. The van der Waals surface area contributed by atoms with Gasteiger partial charge >= 0.3 is 0 Å². The van der Waals surface area contributed by atoms with Crippen molar-refractivity contribution in [1.82, 2.24) is 10.2 Å². The number of amides is 2. The zero-order chi connectivity index (χ0) is 19.1. The van der Waals surface area contributed by atoms with E-state index in [1.165, 1.54) is 6.42 Å². The Labute approximate surface area is 156 Å². The summed E-state index contributed by atoms with van der Waals surface area (Å²) < 4.78 is 0. The Morgan fingerprint density at radius 1 is 1.15 bits per heavy atom. The Morgan fingerprint density at radius 2 is 1.92 bits per heavy atom. The molecule has 0 radical (unpaired) electrons. The van der Waals surface area contributed by atoms with Gasteiger partial charge in [0.1, 0.15) is 0 Å². The summed E-state index contributed by atoms with van der Waals surface area (Å²) in [4.78, 5) is 38.3. The number of likely N-dealkylation sites (tertiary alicyclic amines) is 1. The number of benzene rings is 1. The minimum atomic E-state index is -0.177. The number of carbonyl (C=O) groups excluding carboxylic acids is 3. The molecule has 2 rings (SSSR count). The Kier molecular flexibility index (Phi) is 7.37. The van der Waals surface area contributed by atoms with Crippen molar-refractivity contribution in [2.24, 2.45) is 5.92 Å². The van der Waals surface area contributed by atoms with Crippen LogP contribution in [0.5, 0.6) is 0 Å². The second-order valence-corrected chi connectivity index (χ2v) is 7.43. The molecule has 2 amide bonds. The summed E-state index contributed by atoms with van der Waals surface area (Å²) in [5, 5.41) is 2.76. The minimum Gasteiger partial charge on any atom is -0.356 e. The van der Waals surface area contributed by atoms with Crippen LogP contribution < -0.4 is 5.32 Å². The van der Waals surface area contributed by atoms with Gasteiger partial charge in [-0.1, -0.05) is 24.6 Å². The minimum absolute atomic E-state index is 0.0141. The zero-order valence-electron chi connectivity index (χ0n) is 16.1. The fourth-order valence-corrected chi connectivity index (χ4v) is 3.37. The van der Waals surface area contributed by atoms with Crippen molar-refractivity contribution in [2.75, 3.05) is 19.6 Å². The molecule has 1 aromatic carbocycles. The van der Waals surface area contributed by atoms with Crippen molar-refractivity contribution < 1.29 is 14.4 Å². The van der Waals surface area contributed by atoms with E-state index in [0.29, 0.717) is 24.4 Å². The monoisotopic (exact) mass is 358 g/mol. The van der Waals surface area contributed by atoms with Gasteiger partial charge in [-0.3, -0.25) is 14.4 Å². The van der Waals surface area contributed by atoms with Crippen LogP contribution in [-0.4, -0.2) is 42.1 Å². The lowest BCUT2D eigenvalue weighted by Gasteiger charge is -2.31. The van der Waals surface area contributed by atoms with E-state index in [-0.39, 0.29) is 30.4 Å². The van der Waals surface area contributed by atoms with Crippen molar-refractivity contribution in [3.8, 4) is 0 Å². The number of nitrogens with one attached hydrogen (secondary N) is 1. The van der Waals surface area contributed by atoms with Gasteiger partial charge in [-0.2, -0.15) is 0 Å². The van der Waals surface area contributed by atoms with Crippen LogP contribution in [0, 0.1) is 19.8 Å². The Bertz CT molecular complexity index is 669. The van der Waals surface area contributed by atoms with Crippen molar-refractivity contribution in [2.45, 2.75) is 52.9 Å². The van der Waals surface area contributed by atoms with Gasteiger partial charge in [0.25, 0.3) is 0 Å². The molecule has 0 aromatic heterocycles. The van der Waals surface area contributed by atoms with E-state index in [1.54, 1.807) is 0 Å². The maximum Gasteiger partial charge on any atom is 0.224 e. The van der Waals surface area contributed by atoms with E-state index in [4.69, 9.17) is 0 Å². The normalized spacial score (nSPS) is 17.0. The highest BCUT2D eigenvalue weighted by Gasteiger charge is 2.20. The Hall–Kier alpha value is -2.17. The second-order valence-electron chi connectivity index (χ2n) is 7.43. The van der Waals surface area contributed by atoms with Crippen LogP contribution >= 0.6 is 0 Å². The first-order valence-corrected chi connectivity index (χ1v) is 9.51. The quantitative estimate of drug-likeness (QED) is 0.762. The molecule has 1 atom stereocenters. The fraction of sp³-hybridized carbons (Fsp3) is 0.571. The number of rotatable bonds is 7. The van der Waals surface area contributed by atoms with E-state index >= 15 is 0 Å². The van der Waals surface area contributed by atoms with Crippen LogP contribution in [0.1, 0.15) is 60.5 Å². The van der Waals surface area contributed by atoms with Crippen LogP contribution in [0.2, 0.25) is 0 Å². The van der Waals surface area contributed by atoms with Gasteiger partial charge < -0.3 is 10.2 Å². The molecule has 1 N–H and O–H groups in total. The van der Waals surface area contributed by atoms with Gasteiger partial charge in [0.05, 0.1) is 0 Å². The van der Waals surface area contributed by atoms with Crippen LogP contribution in [0.15, 0.2) is 18.2 Å². The Balaban J connectivity index is 1.69. The first-order valence-electron chi connectivity index (χ1n) is 9.51. The first-order chi connectivity index (χ1) is 12.4. The number of hydrogen-bond acceptors (Lipinski definition) is 3. The number of carbonyl (C=O) groups is 3. The molecule has 142 valence electrons. The number of nitrogens with zero attached hydrogens (tertiary/aromatic N) is 1. The third kappa shape index (κ3) is 5.97. The predicted molar refractivity (Wildman–Crippen MR) is 102 cm³/mol. The Morgan fingerprint density at radius 3 is 2.65 bits per heavy atom. The fourth-order valence-electron chi connectivity index (χ4n) is 3.37. The van der Waals surface area contributed by atoms with Crippen molar-refractivity contribution >= 4 is 17.6 Å². The molecule has 0 bridgehead atoms. The third-order valence-electron chi connectivity index (χ3n) is 4.94. The smallest absolute Gasteiger partial charge is 0.224 e. The first kappa shape index (κ1) is 20.1. The number of ketones is 1. The standard InChI is InChI=1S/C21H30N2O3/c1-15-6-7-17(3)18(13-15)19(24)8-9-20(25)22-11-10-21(26)23-12-4-5-16(2)14-23/h6-7,13,16H,4-5,8-12,14H2,1-3H3,(H,22,25). The predicted octanol–water partition coefficient (Wildman–Crippen LogP) is 3.03. The van der Waals surface area contributed by atoms with E-state index in [2.05, 4.69) is 12.2 Å². The molecule has 1 unspecified atom stereocenters. The second kappa shape index (κ2) is 9.51. The lowest BCUT2D eigenvalue weighted by molar-refractivity contribution is -0.132. The van der Waals surface area contributed by atoms with Crippen LogP contribution in [0.4, 0.5) is 0 Å². The maximum absolute atomic E-state index is 12.3. The molecule has 1 heterocycles. The van der Waals surface area contributed by atoms with Crippen LogP contribution in [0.3, 0.4) is 0 Å². The maximum atomic E-state index is 12.3. The topological polar surface area (TPSA) is 66.5 Å². The van der Waals surface area contributed by atoms with Crippen molar-refractivity contribution in [3.63, 3.8) is 0 Å². The molecule has 5 heteroatoms. The van der Waals surface area contributed by atoms with E-state index in [0.717, 1.165) is 30.6 Å². The molecule has 1 aromatic rings. The summed E-state index contributed by atoms with van der Waals surface area (Å²) in [7, 11) is 0. The van der Waals surface area contributed by atoms with E-state index in [9.17, 15) is 14.4 Å². The van der Waals surface area contributed by atoms with Crippen LogP contribution in [-0.2, 0) is 9.59 Å². The summed E-state index contributed by atoms with van der Waals surface area (Å²) in [5.41, 5.74) is 2.66. The zero-order valence-corrected chi connectivity index (χ0v) is 16.1. The van der Waals surface area contributed by atoms with Crippen LogP contribution in [0.25, 0.3) is 0 Å². The van der Waals surface area contributed by atoms with Gasteiger partial charge in [0.2, 0.25) is 11.8 Å². The largest absolute Gasteiger partial charge is 0.356 e. The van der Waals surface area contributed by atoms with Gasteiger partial charge in [-0.05, 0) is 44.2 Å². The molecule has 1 aliphatic rings. The molecule has 1 aliphatic heterocycles. The molecule has 0 spiro atoms. The highest BCUT2D eigenvalue weighted by molar-refractivity contribution is 5.99. The molecule has 0 aliphatic carbocycles. The summed E-state index contributed by atoms with van der Waals surface area (Å²) in [6, 6.07) is 5.77. The number of Topliss-reactive ketones (excluding diaryl/α,β-unsaturated/α-hetero) is 1. The van der Waals surface area contributed by atoms with Gasteiger partial charge in [0.15, 0.2) is 5.78 Å². The summed E-state index contributed by atoms with van der Waals surface area (Å²) in [6.45, 7) is 7.98. The third-order valence-corrected chi connectivity index (χ3v) is 4.94. The summed E-state index contributed by atoms with van der Waals surface area (Å²) in [6.07, 6.45) is 2.90. The highest BCUT2D eigenvalue weighted by Crippen LogP contribution is 2.16. The van der Waals surface area contributed by atoms with Crippen molar-refractivity contribution in [3.05, 3.63) is 34.9 Å². The average molecular weight is 358 g/mol. The number of piperidine rings is 1. The summed E-state index contributed by atoms with van der Waals surface area (Å²) >= 11 is 0. The molecule has 1 saturated heterocycles. The highest BCUT2D eigenvalue weighted by atomic mass is 16.2. The average Bonchev–Trinajstić information content (AvgIpc) is 2.61. The molecular formula is C21H30N2O3. The molecular weight excluding hydrogens is 328 g/mol. The number of hydrogen-bond donors (Lipinski definition) is 1. The van der Waals surface area contributed by atoms with Gasteiger partial charge in [-0.15, -0.1) is 0 Å². The SMILES string of the molecule is Cc1ccc(C)c(C(=O)CCC(=O)NCCC(=O)N2CCCC(C)C2)c1. The molecule has 5 nitrogen and oxygen atoms in total. The van der Waals surface area contributed by atoms with Gasteiger partial charge in [-0.25, -0.2) is 0 Å². The number of aryl methyl sites for hydroxylation is 2. The van der Waals surface area contributed by atoms with Gasteiger partial charge in [0, 0.05) is 44.5 Å². The molecule has 1 fully saturated rings. The summed E-state index contributed by atoms with van der Waals surface area (Å²) in [5.74, 6) is 0.463. The van der Waals surface area contributed by atoms with E-state index in [1.807, 2.05) is 36.9 Å². The lowest BCUT2D eigenvalue weighted by Crippen LogP contribution is -2.40. The van der Waals surface area contributed by atoms with Crippen molar-refractivity contribution in [1.29, 1.82) is 0 Å². The molecule has 26 heavy (non-hydrogen) atoms. The lowest BCUT2D eigenvalue weighted by atomic mass is 9.99.